The molecule has 5 rings (SSSR count). The summed E-state index contributed by atoms with van der Waals surface area (Å²) >= 11 is 1.79. The highest BCUT2D eigenvalue weighted by Gasteiger charge is 2.23. The van der Waals surface area contributed by atoms with E-state index in [0.717, 1.165) is 47.2 Å². The van der Waals surface area contributed by atoms with E-state index in [-0.39, 0.29) is 5.75 Å². The van der Waals surface area contributed by atoms with Gasteiger partial charge in [-0.05, 0) is 78.2 Å². The van der Waals surface area contributed by atoms with Crippen LogP contribution in [0.25, 0.3) is 22.6 Å². The molecular weight excluding hydrogens is 575 g/mol. The molecule has 43 heavy (non-hydrogen) atoms. The van der Waals surface area contributed by atoms with Gasteiger partial charge >= 0.3 is 0 Å². The number of fused-ring (bicyclic) bond motifs is 2. The van der Waals surface area contributed by atoms with E-state index in [2.05, 4.69) is 115 Å². The second-order valence-electron chi connectivity index (χ2n) is 11.0. The molecule has 4 aromatic rings. The summed E-state index contributed by atoms with van der Waals surface area (Å²) in [5.74, 6) is -0.259. The van der Waals surface area contributed by atoms with Crippen molar-refractivity contribution in [2.24, 2.45) is 0 Å². The molecule has 224 valence electrons. The molecular formula is C35H40N3O3S2+. The third-order valence-electron chi connectivity index (χ3n) is 7.96. The maximum absolute atomic E-state index is 11.3. The lowest BCUT2D eigenvalue weighted by atomic mass is 9.99. The number of benzene rings is 3. The lowest BCUT2D eigenvalue weighted by Crippen LogP contribution is -2.35. The van der Waals surface area contributed by atoms with Crippen molar-refractivity contribution in [2.45, 2.75) is 45.2 Å². The van der Waals surface area contributed by atoms with Crippen molar-refractivity contribution in [1.29, 1.82) is 0 Å². The van der Waals surface area contributed by atoms with E-state index in [1.807, 2.05) is 18.3 Å². The number of anilines is 1. The minimum absolute atomic E-state index is 0.259. The van der Waals surface area contributed by atoms with Crippen LogP contribution in [0.15, 0.2) is 95.0 Å². The van der Waals surface area contributed by atoms with Crippen molar-refractivity contribution < 1.29 is 17.5 Å². The molecule has 0 amide bonds. The number of hydrogen-bond acceptors (Lipinski definition) is 5. The molecule has 1 N–H and O–H groups in total. The van der Waals surface area contributed by atoms with Crippen molar-refractivity contribution in [3.05, 3.63) is 112 Å². The average Bonchev–Trinajstić information content (AvgIpc) is 3.30. The molecule has 0 atom stereocenters. The van der Waals surface area contributed by atoms with E-state index >= 15 is 0 Å². The van der Waals surface area contributed by atoms with Crippen molar-refractivity contribution >= 4 is 50.1 Å². The standard InChI is InChI=1S/C35H39N3O3S2/c1-5-37(6-2)25-27-13-15-28(16-14-27)30(24-35-36(4)33-22-26(3)12-17-34(33)42-35)23-29-18-20-38(19-9-21-43(39,40)41)32-11-8-7-10-31(29)32/h7-8,10-18,20,22-24H,5-6,9,19,21,25H2,1-4H3/p+1. The van der Waals surface area contributed by atoms with Gasteiger partial charge in [0.25, 0.3) is 10.1 Å². The van der Waals surface area contributed by atoms with Crippen LogP contribution in [-0.2, 0) is 23.2 Å². The van der Waals surface area contributed by atoms with Gasteiger partial charge in [0.05, 0.1) is 21.9 Å². The molecule has 1 aliphatic rings. The number of allylic oxidation sites excluding steroid dienone is 2. The number of aromatic nitrogens is 1. The first-order valence-electron chi connectivity index (χ1n) is 14.8. The maximum atomic E-state index is 11.3. The van der Waals surface area contributed by atoms with Gasteiger partial charge in [-0.15, -0.1) is 0 Å². The summed E-state index contributed by atoms with van der Waals surface area (Å²) in [5, 5.41) is 2.25. The Bertz CT molecular complexity index is 1780. The highest BCUT2D eigenvalue weighted by Crippen LogP contribution is 2.46. The smallest absolute Gasteiger partial charge is 0.265 e. The molecule has 0 unspecified atom stereocenters. The van der Waals surface area contributed by atoms with E-state index in [9.17, 15) is 13.0 Å². The Hall–Kier alpha value is -3.43. The fourth-order valence-electron chi connectivity index (χ4n) is 5.47. The van der Waals surface area contributed by atoms with E-state index in [1.54, 1.807) is 11.8 Å². The summed E-state index contributed by atoms with van der Waals surface area (Å²) in [4.78, 5) is 5.93. The van der Waals surface area contributed by atoms with Gasteiger partial charge in [-0.1, -0.05) is 68.1 Å². The predicted molar refractivity (Wildman–Crippen MR) is 180 cm³/mol. The predicted octanol–water partition coefficient (Wildman–Crippen LogP) is 7.18. The van der Waals surface area contributed by atoms with Crippen molar-refractivity contribution in [3.8, 4) is 0 Å². The molecule has 2 heterocycles. The number of nitrogens with zero attached hydrogens (tertiary/aromatic N) is 3. The first-order chi connectivity index (χ1) is 20.6. The lowest BCUT2D eigenvalue weighted by Gasteiger charge is -2.18. The molecule has 0 radical (unpaired) electrons. The van der Waals surface area contributed by atoms with Gasteiger partial charge in [-0.2, -0.15) is 13.0 Å². The topological polar surface area (TPSA) is 64.7 Å². The van der Waals surface area contributed by atoms with Gasteiger partial charge in [0, 0.05) is 37.0 Å². The van der Waals surface area contributed by atoms with Crippen LogP contribution in [-0.4, -0.2) is 43.8 Å². The van der Waals surface area contributed by atoms with E-state index in [1.165, 1.54) is 26.7 Å². The van der Waals surface area contributed by atoms with Crippen molar-refractivity contribution in [2.75, 3.05) is 30.8 Å². The molecule has 0 saturated heterocycles. The van der Waals surface area contributed by atoms with Crippen LogP contribution in [0.5, 0.6) is 0 Å². The fraction of sp³-hybridized carbons (Fsp3) is 0.286. The zero-order chi connectivity index (χ0) is 30.6. The third kappa shape index (κ3) is 7.57. The van der Waals surface area contributed by atoms with Crippen LogP contribution in [0.4, 0.5) is 5.69 Å². The molecule has 0 saturated carbocycles. The van der Waals surface area contributed by atoms with E-state index in [4.69, 9.17) is 0 Å². The SMILES string of the molecule is CCN(CC)Cc1ccc(C(=Cc2cc[n+](CCCS(=O)(=O)O)c3ccccc23)C=C2Sc3ccc(C)cc3N2C)cc1. The Balaban J connectivity index is 1.56. The number of aryl methyl sites for hydroxylation is 2. The molecule has 0 aliphatic carbocycles. The Morgan fingerprint density at radius 2 is 1.77 bits per heavy atom. The van der Waals surface area contributed by atoms with Gasteiger partial charge in [0.15, 0.2) is 6.20 Å². The Kier molecular flexibility index (Phi) is 9.72. The molecule has 0 bridgehead atoms. The van der Waals surface area contributed by atoms with Crippen LogP contribution in [0.3, 0.4) is 0 Å². The molecule has 8 heteroatoms. The Morgan fingerprint density at radius 1 is 1.02 bits per heavy atom. The second kappa shape index (κ2) is 13.5. The van der Waals surface area contributed by atoms with Crippen LogP contribution in [0, 0.1) is 6.92 Å². The normalized spacial score (nSPS) is 14.7. The number of hydrogen-bond donors (Lipinski definition) is 1. The number of pyridine rings is 1. The summed E-state index contributed by atoms with van der Waals surface area (Å²) in [5.41, 5.74) is 8.12. The van der Waals surface area contributed by atoms with Crippen LogP contribution < -0.4 is 9.47 Å². The van der Waals surface area contributed by atoms with Crippen LogP contribution in [0.1, 0.15) is 42.5 Å². The van der Waals surface area contributed by atoms with Crippen molar-refractivity contribution in [1.82, 2.24) is 4.90 Å². The summed E-state index contributed by atoms with van der Waals surface area (Å²) in [6.45, 7) is 9.99. The van der Waals surface area contributed by atoms with Gasteiger partial charge in [-0.25, -0.2) is 0 Å². The first-order valence-corrected chi connectivity index (χ1v) is 17.2. The molecule has 0 spiro atoms. The van der Waals surface area contributed by atoms with Crippen molar-refractivity contribution in [3.63, 3.8) is 0 Å². The van der Waals surface area contributed by atoms with E-state index < -0.39 is 10.1 Å². The highest BCUT2D eigenvalue weighted by molar-refractivity contribution is 8.03. The summed E-state index contributed by atoms with van der Waals surface area (Å²) < 4.78 is 33.8. The largest absolute Gasteiger partial charge is 0.338 e. The Labute approximate surface area is 260 Å². The molecule has 1 aromatic heterocycles. The molecule has 1 aliphatic heterocycles. The summed E-state index contributed by atoms with van der Waals surface area (Å²) in [6.07, 6.45) is 6.87. The monoisotopic (exact) mass is 614 g/mol. The number of para-hydroxylation sites is 1. The zero-order valence-corrected chi connectivity index (χ0v) is 27.0. The maximum Gasteiger partial charge on any atom is 0.265 e. The average molecular weight is 615 g/mol. The molecule has 0 fully saturated rings. The minimum atomic E-state index is -3.99. The van der Waals surface area contributed by atoms with Crippen LogP contribution >= 0.6 is 11.8 Å². The summed E-state index contributed by atoms with van der Waals surface area (Å²) in [7, 11) is -1.86. The number of rotatable bonds is 11. The first kappa shape index (κ1) is 31.0. The lowest BCUT2D eigenvalue weighted by molar-refractivity contribution is -0.671. The zero-order valence-electron chi connectivity index (χ0n) is 25.3. The van der Waals surface area contributed by atoms with Gasteiger partial charge in [0.2, 0.25) is 5.52 Å². The summed E-state index contributed by atoms with van der Waals surface area (Å²) in [6, 6.07) is 25.8. The Morgan fingerprint density at radius 3 is 2.49 bits per heavy atom. The highest BCUT2D eigenvalue weighted by atomic mass is 32.2. The third-order valence-corrected chi connectivity index (χ3v) is 9.93. The molecule has 6 nitrogen and oxygen atoms in total. The quantitative estimate of drug-likeness (QED) is 0.143. The van der Waals surface area contributed by atoms with Gasteiger partial charge in [-0.3, -0.25) is 9.45 Å². The molecule has 3 aromatic carbocycles. The van der Waals surface area contributed by atoms with Gasteiger partial charge in [0.1, 0.15) is 6.54 Å². The van der Waals surface area contributed by atoms with E-state index in [0.29, 0.717) is 13.0 Å². The second-order valence-corrected chi connectivity index (χ2v) is 13.6. The fourth-order valence-corrected chi connectivity index (χ4v) is 7.04. The van der Waals surface area contributed by atoms with Crippen LogP contribution in [0.2, 0.25) is 0 Å². The van der Waals surface area contributed by atoms with Gasteiger partial charge < -0.3 is 4.90 Å². The number of thioether (sulfide) groups is 1. The minimum Gasteiger partial charge on any atom is -0.338 e.